The number of nitrogens with zero attached hydrogens (tertiary/aromatic N) is 2. The van der Waals surface area contributed by atoms with Crippen molar-refractivity contribution in [3.8, 4) is 0 Å². The quantitative estimate of drug-likeness (QED) is 0.619. The van der Waals surface area contributed by atoms with Crippen LogP contribution in [0.1, 0.15) is 13.8 Å². The van der Waals surface area contributed by atoms with Crippen LogP contribution in [0.3, 0.4) is 0 Å². The van der Waals surface area contributed by atoms with Crippen LogP contribution in [0.15, 0.2) is 24.5 Å². The molecule has 0 saturated carbocycles. The van der Waals surface area contributed by atoms with Gasteiger partial charge in [0, 0.05) is 12.4 Å². The lowest BCUT2D eigenvalue weighted by Gasteiger charge is -1.96. The van der Waals surface area contributed by atoms with Gasteiger partial charge in [-0.15, -0.1) is 0 Å². The van der Waals surface area contributed by atoms with Crippen LogP contribution >= 0.6 is 0 Å². The SMILES string of the molecule is CC(C)OC=O.c1ccnnc1. The predicted molar refractivity (Wildman–Crippen MR) is 44.3 cm³/mol. The second-order valence-electron chi connectivity index (χ2n) is 2.20. The van der Waals surface area contributed by atoms with Gasteiger partial charge in [-0.2, -0.15) is 10.2 Å². The number of carbonyl (C=O) groups excluding carboxylic acids is 1. The predicted octanol–water partition coefficient (Wildman–Crippen LogP) is 1.04. The van der Waals surface area contributed by atoms with Gasteiger partial charge in [0.25, 0.3) is 6.47 Å². The zero-order chi connectivity index (χ0) is 9.23. The van der Waals surface area contributed by atoms with Crippen molar-refractivity contribution in [1.82, 2.24) is 10.2 Å². The van der Waals surface area contributed by atoms with E-state index >= 15 is 0 Å². The van der Waals surface area contributed by atoms with Gasteiger partial charge in [-0.1, -0.05) is 0 Å². The Morgan fingerprint density at radius 3 is 1.83 bits per heavy atom. The summed E-state index contributed by atoms with van der Waals surface area (Å²) >= 11 is 0. The summed E-state index contributed by atoms with van der Waals surface area (Å²) < 4.78 is 4.36. The van der Waals surface area contributed by atoms with Crippen molar-refractivity contribution < 1.29 is 9.53 Å². The first kappa shape index (κ1) is 10.6. The highest BCUT2D eigenvalue weighted by Gasteiger charge is 1.83. The van der Waals surface area contributed by atoms with Crippen LogP contribution < -0.4 is 0 Å². The third kappa shape index (κ3) is 8.55. The van der Waals surface area contributed by atoms with E-state index in [1.54, 1.807) is 26.2 Å². The Morgan fingerprint density at radius 2 is 1.75 bits per heavy atom. The first-order valence-electron chi connectivity index (χ1n) is 3.58. The van der Waals surface area contributed by atoms with Crippen LogP contribution in [0.4, 0.5) is 0 Å². The molecule has 12 heavy (non-hydrogen) atoms. The second kappa shape index (κ2) is 7.65. The Bertz CT molecular complexity index is 163. The highest BCUT2D eigenvalue weighted by molar-refractivity contribution is 5.37. The van der Waals surface area contributed by atoms with Gasteiger partial charge in [0.1, 0.15) is 0 Å². The lowest BCUT2D eigenvalue weighted by atomic mass is 10.5. The van der Waals surface area contributed by atoms with E-state index in [0.717, 1.165) is 0 Å². The van der Waals surface area contributed by atoms with E-state index in [9.17, 15) is 4.79 Å². The maximum absolute atomic E-state index is 9.39. The molecule has 1 heterocycles. The average molecular weight is 168 g/mol. The van der Waals surface area contributed by atoms with Crippen LogP contribution in [0, 0.1) is 0 Å². The molecule has 0 spiro atoms. The Kier molecular flexibility index (Phi) is 6.73. The normalized spacial score (nSPS) is 8.25. The number of ether oxygens (including phenoxy) is 1. The molecular weight excluding hydrogens is 156 g/mol. The Balaban J connectivity index is 0.000000202. The topological polar surface area (TPSA) is 52.1 Å². The minimum atomic E-state index is 0.0301. The number of hydrogen-bond donors (Lipinski definition) is 0. The van der Waals surface area contributed by atoms with E-state index in [2.05, 4.69) is 14.9 Å². The molecule has 4 nitrogen and oxygen atoms in total. The molecule has 1 aromatic rings. The standard InChI is InChI=1S/C4H4N2.C4H8O2/c1-2-4-6-5-3-1;1-4(2)6-3-5/h1-4H;3-4H,1-2H3. The Hall–Kier alpha value is -1.45. The molecular formula is C8H12N2O2. The summed E-state index contributed by atoms with van der Waals surface area (Å²) in [4.78, 5) is 9.39. The number of rotatable bonds is 2. The zero-order valence-corrected chi connectivity index (χ0v) is 7.18. The summed E-state index contributed by atoms with van der Waals surface area (Å²) in [5.41, 5.74) is 0. The molecule has 0 aliphatic rings. The monoisotopic (exact) mass is 168 g/mol. The summed E-state index contributed by atoms with van der Waals surface area (Å²) in [7, 11) is 0. The maximum Gasteiger partial charge on any atom is 0.293 e. The van der Waals surface area contributed by atoms with Crippen molar-refractivity contribution in [2.75, 3.05) is 0 Å². The van der Waals surface area contributed by atoms with E-state index in [-0.39, 0.29) is 6.10 Å². The van der Waals surface area contributed by atoms with Gasteiger partial charge < -0.3 is 4.74 Å². The fourth-order valence-electron chi connectivity index (χ4n) is 0.364. The molecule has 1 aromatic heterocycles. The average Bonchev–Trinajstić information content (AvgIpc) is 2.08. The first-order valence-corrected chi connectivity index (χ1v) is 3.58. The van der Waals surface area contributed by atoms with Crippen LogP contribution in [-0.4, -0.2) is 22.8 Å². The van der Waals surface area contributed by atoms with Crippen LogP contribution in [0.25, 0.3) is 0 Å². The van der Waals surface area contributed by atoms with E-state index in [4.69, 9.17) is 0 Å². The summed E-state index contributed by atoms with van der Waals surface area (Å²) in [5, 5.41) is 7.07. The molecule has 0 radical (unpaired) electrons. The number of hydrogen-bond acceptors (Lipinski definition) is 4. The molecule has 0 atom stereocenters. The third-order valence-electron chi connectivity index (χ3n) is 0.811. The van der Waals surface area contributed by atoms with E-state index < -0.39 is 0 Å². The minimum absolute atomic E-state index is 0.0301. The third-order valence-corrected chi connectivity index (χ3v) is 0.811. The molecule has 0 bridgehead atoms. The van der Waals surface area contributed by atoms with Gasteiger partial charge in [0.15, 0.2) is 0 Å². The smallest absolute Gasteiger partial charge is 0.293 e. The van der Waals surface area contributed by atoms with Crippen LogP contribution in [0.2, 0.25) is 0 Å². The van der Waals surface area contributed by atoms with Crippen molar-refractivity contribution in [2.45, 2.75) is 20.0 Å². The van der Waals surface area contributed by atoms with Gasteiger partial charge in [-0.05, 0) is 26.0 Å². The molecule has 0 unspecified atom stereocenters. The lowest BCUT2D eigenvalue weighted by Crippen LogP contribution is -1.98. The van der Waals surface area contributed by atoms with Crippen molar-refractivity contribution in [1.29, 1.82) is 0 Å². The molecule has 66 valence electrons. The van der Waals surface area contributed by atoms with Crippen molar-refractivity contribution in [3.05, 3.63) is 24.5 Å². The van der Waals surface area contributed by atoms with Gasteiger partial charge in [0.2, 0.25) is 0 Å². The molecule has 4 heteroatoms. The maximum atomic E-state index is 9.39. The second-order valence-corrected chi connectivity index (χ2v) is 2.20. The fraction of sp³-hybridized carbons (Fsp3) is 0.375. The van der Waals surface area contributed by atoms with Crippen LogP contribution in [0.5, 0.6) is 0 Å². The van der Waals surface area contributed by atoms with Gasteiger partial charge in [-0.3, -0.25) is 4.79 Å². The van der Waals surface area contributed by atoms with Gasteiger partial charge >= 0.3 is 0 Å². The highest BCUT2D eigenvalue weighted by Crippen LogP contribution is 1.79. The van der Waals surface area contributed by atoms with Gasteiger partial charge in [-0.25, -0.2) is 0 Å². The van der Waals surface area contributed by atoms with E-state index in [1.165, 1.54) is 0 Å². The summed E-state index contributed by atoms with van der Waals surface area (Å²) in [6, 6.07) is 3.65. The molecule has 0 saturated heterocycles. The van der Waals surface area contributed by atoms with E-state index in [0.29, 0.717) is 6.47 Å². The lowest BCUT2D eigenvalue weighted by molar-refractivity contribution is -0.131. The first-order chi connectivity index (χ1) is 5.77. The summed E-state index contributed by atoms with van der Waals surface area (Å²) in [6.45, 7) is 4.05. The fourth-order valence-corrected chi connectivity index (χ4v) is 0.364. The molecule has 0 aliphatic heterocycles. The Labute approximate surface area is 71.6 Å². The summed E-state index contributed by atoms with van der Waals surface area (Å²) in [5.74, 6) is 0. The molecule has 0 N–H and O–H groups in total. The molecule has 0 aliphatic carbocycles. The summed E-state index contributed by atoms with van der Waals surface area (Å²) in [6.07, 6.45) is 3.31. The van der Waals surface area contributed by atoms with E-state index in [1.807, 2.05) is 12.1 Å². The van der Waals surface area contributed by atoms with Crippen molar-refractivity contribution >= 4 is 6.47 Å². The van der Waals surface area contributed by atoms with Crippen molar-refractivity contribution in [2.24, 2.45) is 0 Å². The zero-order valence-electron chi connectivity index (χ0n) is 7.18. The van der Waals surface area contributed by atoms with Crippen LogP contribution in [-0.2, 0) is 9.53 Å². The molecule has 0 aromatic carbocycles. The number of carbonyl (C=O) groups is 1. The van der Waals surface area contributed by atoms with Crippen molar-refractivity contribution in [3.63, 3.8) is 0 Å². The Morgan fingerprint density at radius 1 is 1.25 bits per heavy atom. The number of aromatic nitrogens is 2. The molecule has 1 rings (SSSR count). The largest absolute Gasteiger partial charge is 0.465 e. The molecule has 0 fully saturated rings. The van der Waals surface area contributed by atoms with Gasteiger partial charge in [0.05, 0.1) is 6.10 Å². The molecule has 0 amide bonds. The minimum Gasteiger partial charge on any atom is -0.465 e. The highest BCUT2D eigenvalue weighted by atomic mass is 16.5.